The van der Waals surface area contributed by atoms with E-state index in [2.05, 4.69) is 26.2 Å². The molecule has 5 nitrogen and oxygen atoms in total. The molecule has 2 aromatic carbocycles. The molecule has 0 aliphatic heterocycles. The molecule has 188 valence electrons. The maximum Gasteiger partial charge on any atom is 0.418 e. The number of hydrogen-bond donors (Lipinski definition) is 1. The Bertz CT molecular complexity index is 1510. The first kappa shape index (κ1) is 26.4. The summed E-state index contributed by atoms with van der Waals surface area (Å²) in [5.74, 6) is -0.878. The SMILES string of the molecule is CCc1sc2nc(SCC(=O)Nc3ccc(Br)cc3C(F)(F)F)n(-c3ccc(C)cc3)c(=O)c2c1C. The summed E-state index contributed by atoms with van der Waals surface area (Å²) in [6.45, 7) is 5.84. The number of nitrogens with zero attached hydrogens (tertiary/aromatic N) is 2. The third kappa shape index (κ3) is 5.37. The highest BCUT2D eigenvalue weighted by molar-refractivity contribution is 9.10. The number of nitrogens with one attached hydrogen (secondary N) is 1. The van der Waals surface area contributed by atoms with Crippen molar-refractivity contribution in [2.24, 2.45) is 0 Å². The van der Waals surface area contributed by atoms with Gasteiger partial charge in [-0.3, -0.25) is 14.2 Å². The van der Waals surface area contributed by atoms with Crippen molar-refractivity contribution in [2.45, 2.75) is 38.5 Å². The molecule has 0 fully saturated rings. The Labute approximate surface area is 221 Å². The van der Waals surface area contributed by atoms with Gasteiger partial charge in [0.1, 0.15) is 4.83 Å². The second kappa shape index (κ2) is 10.4. The smallest absolute Gasteiger partial charge is 0.325 e. The second-order valence-electron chi connectivity index (χ2n) is 8.08. The Morgan fingerprint density at radius 3 is 2.50 bits per heavy atom. The lowest BCUT2D eigenvalue weighted by Gasteiger charge is -2.15. The van der Waals surface area contributed by atoms with Crippen LogP contribution < -0.4 is 10.9 Å². The van der Waals surface area contributed by atoms with Crippen molar-refractivity contribution >= 4 is 60.8 Å². The Morgan fingerprint density at radius 1 is 1.17 bits per heavy atom. The van der Waals surface area contributed by atoms with E-state index in [1.54, 1.807) is 12.1 Å². The van der Waals surface area contributed by atoms with Crippen molar-refractivity contribution in [3.8, 4) is 5.69 Å². The maximum atomic E-state index is 13.6. The highest BCUT2D eigenvalue weighted by atomic mass is 79.9. The topological polar surface area (TPSA) is 64.0 Å². The summed E-state index contributed by atoms with van der Waals surface area (Å²) in [4.78, 5) is 32.6. The number of benzene rings is 2. The molecule has 0 atom stereocenters. The lowest BCUT2D eigenvalue weighted by Crippen LogP contribution is -2.23. The number of rotatable bonds is 6. The minimum atomic E-state index is -4.63. The number of aryl methyl sites for hydroxylation is 3. The zero-order chi connectivity index (χ0) is 26.2. The predicted molar refractivity (Wildman–Crippen MR) is 143 cm³/mol. The van der Waals surface area contributed by atoms with Gasteiger partial charge in [0.25, 0.3) is 5.56 Å². The normalized spacial score (nSPS) is 11.8. The van der Waals surface area contributed by atoms with Crippen LogP contribution in [0, 0.1) is 13.8 Å². The van der Waals surface area contributed by atoms with Crippen molar-refractivity contribution in [2.75, 3.05) is 11.1 Å². The fourth-order valence-electron chi connectivity index (χ4n) is 3.74. The number of thiophene rings is 1. The molecule has 1 N–H and O–H groups in total. The van der Waals surface area contributed by atoms with Crippen molar-refractivity contribution in [1.82, 2.24) is 9.55 Å². The molecule has 2 aromatic heterocycles. The van der Waals surface area contributed by atoms with E-state index < -0.39 is 17.6 Å². The molecular formula is C25H21BrF3N3O2S2. The molecule has 36 heavy (non-hydrogen) atoms. The Morgan fingerprint density at radius 2 is 1.86 bits per heavy atom. The van der Waals surface area contributed by atoms with Crippen LogP contribution in [0.1, 0.15) is 28.5 Å². The van der Waals surface area contributed by atoms with Crippen LogP contribution >= 0.6 is 39.0 Å². The first-order valence-electron chi connectivity index (χ1n) is 10.9. The van der Waals surface area contributed by atoms with Crippen molar-refractivity contribution in [1.29, 1.82) is 0 Å². The van der Waals surface area contributed by atoms with E-state index in [1.807, 2.05) is 32.9 Å². The molecule has 11 heteroatoms. The molecule has 2 heterocycles. The number of fused-ring (bicyclic) bond motifs is 1. The summed E-state index contributed by atoms with van der Waals surface area (Å²) in [6, 6.07) is 10.9. The molecule has 4 aromatic rings. The lowest BCUT2D eigenvalue weighted by molar-refractivity contribution is -0.137. The van der Waals surface area contributed by atoms with Gasteiger partial charge in [-0.2, -0.15) is 13.2 Å². The summed E-state index contributed by atoms with van der Waals surface area (Å²) in [5.41, 5.74) is 0.973. The molecule has 0 aliphatic carbocycles. The largest absolute Gasteiger partial charge is 0.418 e. The minimum absolute atomic E-state index is 0.234. The van der Waals surface area contributed by atoms with Gasteiger partial charge in [-0.25, -0.2) is 4.98 Å². The Balaban J connectivity index is 1.70. The molecule has 0 unspecified atom stereocenters. The molecule has 0 bridgehead atoms. The fraction of sp³-hybridized carbons (Fsp3) is 0.240. The standard InChI is InChI=1S/C25H21BrF3N3O2S2/c1-4-19-14(3)21-22(36-19)31-24(32(23(21)34)16-8-5-13(2)6-9-16)35-12-20(33)30-18-10-7-15(26)11-17(18)25(27,28)29/h5-11H,4,12H2,1-3H3,(H,30,33). The first-order valence-corrected chi connectivity index (χ1v) is 13.5. The predicted octanol–water partition coefficient (Wildman–Crippen LogP) is 7.14. The third-order valence-electron chi connectivity index (χ3n) is 5.54. The summed E-state index contributed by atoms with van der Waals surface area (Å²) >= 11 is 5.46. The Hall–Kier alpha value is -2.63. The molecule has 1 amide bonds. The van der Waals surface area contributed by atoms with E-state index in [1.165, 1.54) is 28.0 Å². The zero-order valence-corrected chi connectivity index (χ0v) is 22.7. The number of halogens is 4. The monoisotopic (exact) mass is 595 g/mol. The molecule has 0 saturated heterocycles. The van der Waals surface area contributed by atoms with E-state index in [-0.39, 0.29) is 21.5 Å². The van der Waals surface area contributed by atoms with Gasteiger partial charge >= 0.3 is 6.18 Å². The van der Waals surface area contributed by atoms with Crippen LogP contribution in [0.4, 0.5) is 18.9 Å². The number of carbonyl (C=O) groups excluding carboxylic acids is 1. The van der Waals surface area contributed by atoms with Crippen molar-refractivity contribution in [3.05, 3.63) is 78.9 Å². The summed E-state index contributed by atoms with van der Waals surface area (Å²) in [5, 5.41) is 3.17. The van der Waals surface area contributed by atoms with Gasteiger partial charge in [-0.05, 0) is 56.2 Å². The van der Waals surface area contributed by atoms with Crippen LogP contribution in [0.5, 0.6) is 0 Å². The zero-order valence-electron chi connectivity index (χ0n) is 19.5. The molecule has 4 rings (SSSR count). The highest BCUT2D eigenvalue weighted by Crippen LogP contribution is 2.37. The van der Waals surface area contributed by atoms with Crippen LogP contribution in [0.3, 0.4) is 0 Å². The van der Waals surface area contributed by atoms with Crippen LogP contribution in [-0.2, 0) is 17.4 Å². The molecule has 0 aliphatic rings. The molecule has 0 radical (unpaired) electrons. The van der Waals surface area contributed by atoms with Gasteiger partial charge in [0.15, 0.2) is 5.16 Å². The van der Waals surface area contributed by atoms with Crippen LogP contribution in [0.15, 0.2) is 56.9 Å². The maximum absolute atomic E-state index is 13.6. The summed E-state index contributed by atoms with van der Waals surface area (Å²) < 4.78 is 42.0. The van der Waals surface area contributed by atoms with Crippen LogP contribution in [0.2, 0.25) is 0 Å². The molecule has 0 saturated carbocycles. The van der Waals surface area contributed by atoms with Crippen LogP contribution in [-0.4, -0.2) is 21.2 Å². The number of anilines is 1. The number of aromatic nitrogens is 2. The van der Waals surface area contributed by atoms with Gasteiger partial charge in [0.05, 0.1) is 28.1 Å². The Kier molecular flexibility index (Phi) is 7.63. The summed E-state index contributed by atoms with van der Waals surface area (Å²) in [6.07, 6.45) is -3.87. The van der Waals surface area contributed by atoms with Gasteiger partial charge in [0, 0.05) is 9.35 Å². The van der Waals surface area contributed by atoms with Gasteiger partial charge in [-0.1, -0.05) is 52.3 Å². The van der Waals surface area contributed by atoms with Crippen molar-refractivity contribution in [3.63, 3.8) is 0 Å². The average Bonchev–Trinajstić information content (AvgIpc) is 3.14. The molecule has 0 spiro atoms. The van der Waals surface area contributed by atoms with E-state index >= 15 is 0 Å². The quantitative estimate of drug-likeness (QED) is 0.190. The number of hydrogen-bond acceptors (Lipinski definition) is 5. The van der Waals surface area contributed by atoms with E-state index in [0.717, 1.165) is 40.3 Å². The summed E-state index contributed by atoms with van der Waals surface area (Å²) in [7, 11) is 0. The highest BCUT2D eigenvalue weighted by Gasteiger charge is 2.34. The number of carbonyl (C=O) groups is 1. The van der Waals surface area contributed by atoms with Crippen LogP contribution in [0.25, 0.3) is 15.9 Å². The average molecular weight is 596 g/mol. The van der Waals surface area contributed by atoms with Gasteiger partial charge < -0.3 is 5.32 Å². The van der Waals surface area contributed by atoms with E-state index in [0.29, 0.717) is 21.1 Å². The number of amides is 1. The molecular weight excluding hydrogens is 575 g/mol. The van der Waals surface area contributed by atoms with E-state index in [4.69, 9.17) is 0 Å². The lowest BCUT2D eigenvalue weighted by atomic mass is 10.1. The minimum Gasteiger partial charge on any atom is -0.325 e. The number of thioether (sulfide) groups is 1. The first-order chi connectivity index (χ1) is 17.0. The van der Waals surface area contributed by atoms with E-state index in [9.17, 15) is 22.8 Å². The number of alkyl halides is 3. The van der Waals surface area contributed by atoms with Gasteiger partial charge in [0.2, 0.25) is 5.91 Å². The fourth-order valence-corrected chi connectivity index (χ4v) is 6.07. The second-order valence-corrected chi connectivity index (χ2v) is 11.0. The third-order valence-corrected chi connectivity index (χ3v) is 8.30. The van der Waals surface area contributed by atoms with Gasteiger partial charge in [-0.15, -0.1) is 11.3 Å². The van der Waals surface area contributed by atoms with Crippen molar-refractivity contribution < 1.29 is 18.0 Å².